The van der Waals surface area contributed by atoms with Gasteiger partial charge in [-0.05, 0) is 23.1 Å². The summed E-state index contributed by atoms with van der Waals surface area (Å²) in [5.74, 6) is 2.18. The molecule has 1 aromatic carbocycles. The fourth-order valence-corrected chi connectivity index (χ4v) is 4.42. The van der Waals surface area contributed by atoms with Gasteiger partial charge < -0.3 is 15.1 Å². The van der Waals surface area contributed by atoms with E-state index in [-0.39, 0.29) is 11.3 Å². The van der Waals surface area contributed by atoms with Crippen molar-refractivity contribution in [2.24, 2.45) is 5.41 Å². The van der Waals surface area contributed by atoms with Gasteiger partial charge in [0.1, 0.15) is 5.76 Å². The molecule has 0 saturated heterocycles. The van der Waals surface area contributed by atoms with E-state index < -0.39 is 0 Å². The summed E-state index contributed by atoms with van der Waals surface area (Å²) in [6.45, 7) is 6.53. The molecule has 0 saturated carbocycles. The Kier molecular flexibility index (Phi) is 6.97. The van der Waals surface area contributed by atoms with Crippen molar-refractivity contribution < 1.29 is 9.21 Å². The van der Waals surface area contributed by atoms with Crippen molar-refractivity contribution >= 4 is 39.8 Å². The number of thioether (sulfide) groups is 1. The number of aromatic nitrogens is 2. The minimum atomic E-state index is -0.0763. The van der Waals surface area contributed by atoms with Crippen LogP contribution in [0.25, 0.3) is 0 Å². The van der Waals surface area contributed by atoms with E-state index in [0.717, 1.165) is 27.6 Å². The smallest absolute Gasteiger partial charge is 0.230 e. The topological polar surface area (TPSA) is 80.0 Å². The molecular weight excluding hydrogens is 404 g/mol. The molecule has 0 unspecified atom stereocenters. The van der Waals surface area contributed by atoms with Crippen LogP contribution in [0.3, 0.4) is 0 Å². The van der Waals surface area contributed by atoms with Crippen molar-refractivity contribution in [3.63, 3.8) is 0 Å². The van der Waals surface area contributed by atoms with E-state index in [9.17, 15) is 4.79 Å². The second-order valence-electron chi connectivity index (χ2n) is 7.90. The first kappa shape index (κ1) is 21.4. The molecule has 2 N–H and O–H groups in total. The number of carbonyl (C=O) groups excluding carboxylic acids is 1. The molecule has 0 atom stereocenters. The van der Waals surface area contributed by atoms with Crippen LogP contribution in [-0.2, 0) is 23.4 Å². The molecule has 0 aliphatic rings. The number of hydrogen-bond acceptors (Lipinski definition) is 7. The normalized spacial score (nSPS) is 11.4. The highest BCUT2D eigenvalue weighted by Gasteiger charge is 2.15. The monoisotopic (exact) mass is 430 g/mol. The van der Waals surface area contributed by atoms with E-state index in [1.54, 1.807) is 18.0 Å². The molecule has 29 heavy (non-hydrogen) atoms. The molecule has 154 valence electrons. The van der Waals surface area contributed by atoms with E-state index >= 15 is 0 Å². The van der Waals surface area contributed by atoms with Gasteiger partial charge in [-0.2, -0.15) is 0 Å². The van der Waals surface area contributed by atoms with Crippen LogP contribution in [0.4, 0.5) is 10.8 Å². The minimum Gasteiger partial charge on any atom is -0.445 e. The van der Waals surface area contributed by atoms with E-state index in [0.29, 0.717) is 23.2 Å². The summed E-state index contributed by atoms with van der Waals surface area (Å²) in [5, 5.41) is 6.53. The average Bonchev–Trinajstić information content (AvgIpc) is 3.28. The van der Waals surface area contributed by atoms with Crippen LogP contribution in [-0.4, -0.2) is 22.9 Å². The summed E-state index contributed by atoms with van der Waals surface area (Å²) in [7, 11) is 1.87. The lowest BCUT2D eigenvalue weighted by molar-refractivity contribution is -0.115. The number of thiazole rings is 1. The maximum Gasteiger partial charge on any atom is 0.230 e. The van der Waals surface area contributed by atoms with Gasteiger partial charge in [-0.3, -0.25) is 4.79 Å². The lowest BCUT2D eigenvalue weighted by Crippen LogP contribution is -2.14. The predicted molar refractivity (Wildman–Crippen MR) is 120 cm³/mol. The highest BCUT2D eigenvalue weighted by Crippen LogP contribution is 2.31. The first-order chi connectivity index (χ1) is 13.8. The number of rotatable bonds is 8. The predicted octanol–water partition coefficient (Wildman–Crippen LogP) is 5.23. The molecule has 0 spiro atoms. The van der Waals surface area contributed by atoms with Gasteiger partial charge in [0.25, 0.3) is 0 Å². The number of oxazole rings is 1. The van der Waals surface area contributed by atoms with Gasteiger partial charge in [-0.15, -0.1) is 11.8 Å². The van der Waals surface area contributed by atoms with E-state index in [4.69, 9.17) is 4.42 Å². The Morgan fingerprint density at radius 1 is 1.17 bits per heavy atom. The van der Waals surface area contributed by atoms with Crippen LogP contribution in [0, 0.1) is 5.41 Å². The average molecular weight is 431 g/mol. The number of amides is 1. The van der Waals surface area contributed by atoms with Gasteiger partial charge in [0, 0.05) is 19.2 Å². The van der Waals surface area contributed by atoms with E-state index in [1.165, 1.54) is 11.3 Å². The summed E-state index contributed by atoms with van der Waals surface area (Å²) in [6, 6.07) is 7.80. The second kappa shape index (κ2) is 9.45. The zero-order valence-electron chi connectivity index (χ0n) is 17.1. The van der Waals surface area contributed by atoms with Gasteiger partial charge in [0.15, 0.2) is 5.13 Å². The van der Waals surface area contributed by atoms with Crippen molar-refractivity contribution in [1.82, 2.24) is 9.97 Å². The molecule has 0 aliphatic heterocycles. The first-order valence-corrected chi connectivity index (χ1v) is 11.2. The van der Waals surface area contributed by atoms with Gasteiger partial charge in [0.05, 0.1) is 28.8 Å². The van der Waals surface area contributed by atoms with E-state index in [2.05, 4.69) is 41.4 Å². The molecule has 2 aromatic heterocycles. The number of hydrogen-bond donors (Lipinski definition) is 2. The third-order valence-corrected chi connectivity index (χ3v) is 6.07. The Balaban J connectivity index is 1.48. The maximum absolute atomic E-state index is 12.2. The van der Waals surface area contributed by atoms with Gasteiger partial charge in [-0.1, -0.05) is 44.2 Å². The molecule has 0 aliphatic carbocycles. The van der Waals surface area contributed by atoms with Crippen molar-refractivity contribution in [1.29, 1.82) is 0 Å². The summed E-state index contributed by atoms with van der Waals surface area (Å²) >= 11 is 3.06. The third-order valence-electron chi connectivity index (χ3n) is 3.98. The van der Waals surface area contributed by atoms with Crippen LogP contribution >= 0.6 is 23.1 Å². The Labute approximate surface area is 179 Å². The van der Waals surface area contributed by atoms with E-state index in [1.807, 2.05) is 37.5 Å². The van der Waals surface area contributed by atoms with Crippen molar-refractivity contribution in [3.8, 4) is 0 Å². The SMILES string of the molecule is CNc1ccc(CC(=O)Nc2ncc(SCc3ncc(CC(C)(C)C)o3)s2)cc1. The second-order valence-corrected chi connectivity index (χ2v) is 10.2. The van der Waals surface area contributed by atoms with Crippen LogP contribution in [0.2, 0.25) is 0 Å². The highest BCUT2D eigenvalue weighted by atomic mass is 32.2. The molecule has 3 rings (SSSR count). The minimum absolute atomic E-state index is 0.0763. The van der Waals surface area contributed by atoms with Crippen LogP contribution < -0.4 is 10.6 Å². The van der Waals surface area contributed by atoms with Crippen molar-refractivity contribution in [2.45, 2.75) is 43.6 Å². The van der Waals surface area contributed by atoms with Gasteiger partial charge in [0.2, 0.25) is 11.8 Å². The molecule has 6 nitrogen and oxygen atoms in total. The molecule has 0 bridgehead atoms. The Morgan fingerprint density at radius 2 is 1.93 bits per heavy atom. The molecule has 0 fully saturated rings. The fourth-order valence-electron chi connectivity index (χ4n) is 2.67. The third kappa shape index (κ3) is 6.90. The Morgan fingerprint density at radius 3 is 2.62 bits per heavy atom. The summed E-state index contributed by atoms with van der Waals surface area (Å²) in [4.78, 5) is 20.9. The number of nitrogens with one attached hydrogen (secondary N) is 2. The lowest BCUT2D eigenvalue weighted by atomic mass is 9.91. The standard InChI is InChI=1S/C21H26N4O2S2/c1-21(2,3)10-16-11-23-18(27-16)13-28-19-12-24-20(29-19)25-17(26)9-14-5-7-15(22-4)8-6-14/h5-8,11-12,22H,9-10,13H2,1-4H3,(H,24,25,26). The Bertz CT molecular complexity index is 942. The largest absolute Gasteiger partial charge is 0.445 e. The summed E-state index contributed by atoms with van der Waals surface area (Å²) in [5.41, 5.74) is 2.15. The molecule has 3 aromatic rings. The van der Waals surface area contributed by atoms with Crippen molar-refractivity contribution in [2.75, 3.05) is 17.7 Å². The summed E-state index contributed by atoms with van der Waals surface area (Å²) in [6.07, 6.45) is 4.76. The zero-order chi connectivity index (χ0) is 20.9. The molecular formula is C21H26N4O2S2. The van der Waals surface area contributed by atoms with Crippen LogP contribution in [0.15, 0.2) is 45.3 Å². The van der Waals surface area contributed by atoms with Crippen molar-refractivity contribution in [3.05, 3.63) is 53.9 Å². The lowest BCUT2D eigenvalue weighted by Gasteiger charge is -2.15. The highest BCUT2D eigenvalue weighted by molar-refractivity contribution is 8.00. The van der Waals surface area contributed by atoms with Crippen LogP contribution in [0.1, 0.15) is 38.0 Å². The van der Waals surface area contributed by atoms with Crippen LogP contribution in [0.5, 0.6) is 0 Å². The fraction of sp³-hybridized carbons (Fsp3) is 0.381. The Hall–Kier alpha value is -2.32. The quantitative estimate of drug-likeness (QED) is 0.476. The van der Waals surface area contributed by atoms with Gasteiger partial charge in [-0.25, -0.2) is 9.97 Å². The molecule has 1 amide bonds. The number of nitrogens with zero attached hydrogens (tertiary/aromatic N) is 2. The molecule has 2 heterocycles. The number of carbonyl (C=O) groups is 1. The number of anilines is 2. The molecule has 0 radical (unpaired) electrons. The zero-order valence-corrected chi connectivity index (χ0v) is 18.7. The van der Waals surface area contributed by atoms with Gasteiger partial charge >= 0.3 is 0 Å². The molecule has 8 heteroatoms. The maximum atomic E-state index is 12.2. The number of benzene rings is 1. The summed E-state index contributed by atoms with van der Waals surface area (Å²) < 4.78 is 6.82. The first-order valence-electron chi connectivity index (χ1n) is 9.39.